The first kappa shape index (κ1) is 19.2. The molecule has 0 aliphatic carbocycles. The minimum Gasteiger partial charge on any atom is -0.505 e. The number of hydrogen-bond acceptors (Lipinski definition) is 9. The number of phenols is 1. The molecular formula is C20H17N3O7. The molecule has 1 N–H and O–H groups in total. The lowest BCUT2D eigenvalue weighted by Gasteiger charge is -2.06. The molecule has 1 aliphatic heterocycles. The number of phenolic OH excluding ortho intramolecular Hbond substituents is 1. The molecule has 0 unspecified atom stereocenters. The highest BCUT2D eigenvalue weighted by molar-refractivity contribution is 5.93. The number of fused-ring (bicyclic) bond motifs is 2. The number of aromatic nitrogens is 3. The molecule has 0 spiro atoms. The minimum atomic E-state index is -0.594. The highest BCUT2D eigenvalue weighted by Gasteiger charge is 2.20. The fraction of sp³-hybridized carbons (Fsp3) is 0.200. The topological polar surface area (TPSA) is 122 Å². The van der Waals surface area contributed by atoms with Crippen molar-refractivity contribution in [2.75, 3.05) is 20.0 Å². The van der Waals surface area contributed by atoms with Crippen LogP contribution in [0, 0.1) is 0 Å². The molecule has 4 rings (SSSR count). The van der Waals surface area contributed by atoms with Gasteiger partial charge in [0.15, 0.2) is 11.5 Å². The second kappa shape index (κ2) is 7.74. The third-order valence-electron chi connectivity index (χ3n) is 4.20. The number of carbonyl (C=O) groups is 2. The van der Waals surface area contributed by atoms with Gasteiger partial charge in [0.2, 0.25) is 6.79 Å². The van der Waals surface area contributed by atoms with Crippen LogP contribution >= 0.6 is 0 Å². The molecule has 0 amide bonds. The van der Waals surface area contributed by atoms with Crippen molar-refractivity contribution in [3.05, 3.63) is 48.0 Å². The van der Waals surface area contributed by atoms with Crippen molar-refractivity contribution in [2.45, 2.75) is 6.92 Å². The molecule has 10 nitrogen and oxygen atoms in total. The Morgan fingerprint density at radius 1 is 1.10 bits per heavy atom. The first-order valence-electron chi connectivity index (χ1n) is 8.92. The van der Waals surface area contributed by atoms with E-state index in [-0.39, 0.29) is 36.9 Å². The van der Waals surface area contributed by atoms with Crippen LogP contribution < -0.4 is 9.47 Å². The summed E-state index contributed by atoms with van der Waals surface area (Å²) < 4.78 is 20.5. The Morgan fingerprint density at radius 2 is 1.80 bits per heavy atom. The highest BCUT2D eigenvalue weighted by Crippen LogP contribution is 2.38. The molecular weight excluding hydrogens is 394 g/mol. The van der Waals surface area contributed by atoms with Gasteiger partial charge in [-0.1, -0.05) is 6.58 Å². The molecule has 1 aromatic heterocycles. The maximum Gasteiger partial charge on any atom is 0.338 e. The number of aromatic hydroxyl groups is 1. The summed E-state index contributed by atoms with van der Waals surface area (Å²) >= 11 is 0. The first-order chi connectivity index (χ1) is 14.4. The third kappa shape index (κ3) is 3.75. The molecule has 154 valence electrons. The molecule has 0 radical (unpaired) electrons. The van der Waals surface area contributed by atoms with Gasteiger partial charge < -0.3 is 24.1 Å². The Balaban J connectivity index is 1.48. The predicted octanol–water partition coefficient (Wildman–Crippen LogP) is 2.13. The van der Waals surface area contributed by atoms with Crippen molar-refractivity contribution in [1.82, 2.24) is 15.0 Å². The van der Waals surface area contributed by atoms with Crippen LogP contribution in [-0.4, -0.2) is 52.0 Å². The average Bonchev–Trinajstić information content (AvgIpc) is 3.35. The number of esters is 2. The summed E-state index contributed by atoms with van der Waals surface area (Å²) in [4.78, 5) is 24.8. The summed E-state index contributed by atoms with van der Waals surface area (Å²) in [6.07, 6.45) is 0. The number of rotatable bonds is 6. The van der Waals surface area contributed by atoms with Crippen molar-refractivity contribution in [3.8, 4) is 22.9 Å². The van der Waals surface area contributed by atoms with Gasteiger partial charge in [-0.15, -0.1) is 15.0 Å². The molecule has 3 aromatic rings. The van der Waals surface area contributed by atoms with E-state index >= 15 is 0 Å². The average molecular weight is 411 g/mol. The first-order valence-corrected chi connectivity index (χ1v) is 8.92. The molecule has 0 atom stereocenters. The van der Waals surface area contributed by atoms with E-state index in [1.807, 2.05) is 0 Å². The van der Waals surface area contributed by atoms with Gasteiger partial charge in [-0.2, -0.15) is 0 Å². The van der Waals surface area contributed by atoms with Crippen molar-refractivity contribution in [1.29, 1.82) is 0 Å². The number of ether oxygens (including phenoxy) is 4. The molecule has 1 aliphatic rings. The Bertz CT molecular complexity index is 1170. The van der Waals surface area contributed by atoms with Gasteiger partial charge in [-0.05, 0) is 25.1 Å². The van der Waals surface area contributed by atoms with E-state index in [0.717, 1.165) is 0 Å². The quantitative estimate of drug-likeness (QED) is 0.369. The largest absolute Gasteiger partial charge is 0.505 e. The van der Waals surface area contributed by atoms with Crippen LogP contribution in [0.25, 0.3) is 16.7 Å². The van der Waals surface area contributed by atoms with Crippen molar-refractivity contribution >= 4 is 23.0 Å². The molecule has 10 heteroatoms. The van der Waals surface area contributed by atoms with E-state index < -0.39 is 11.9 Å². The molecule has 30 heavy (non-hydrogen) atoms. The summed E-state index contributed by atoms with van der Waals surface area (Å²) in [6, 6.07) is 7.67. The van der Waals surface area contributed by atoms with Crippen molar-refractivity contribution in [3.63, 3.8) is 0 Å². The summed E-state index contributed by atoms with van der Waals surface area (Å²) in [6.45, 7) is 4.91. The summed E-state index contributed by atoms with van der Waals surface area (Å²) in [5, 5.41) is 18.9. The molecule has 0 saturated carbocycles. The van der Waals surface area contributed by atoms with E-state index in [1.165, 1.54) is 23.9 Å². The predicted molar refractivity (Wildman–Crippen MR) is 103 cm³/mol. The number of nitrogens with zero attached hydrogens (tertiary/aromatic N) is 3. The van der Waals surface area contributed by atoms with E-state index in [4.69, 9.17) is 18.9 Å². The Labute approximate surface area is 170 Å². The van der Waals surface area contributed by atoms with Gasteiger partial charge in [-0.3, -0.25) is 0 Å². The lowest BCUT2D eigenvalue weighted by molar-refractivity contribution is -0.140. The Morgan fingerprint density at radius 3 is 2.57 bits per heavy atom. The molecule has 2 aromatic carbocycles. The van der Waals surface area contributed by atoms with Gasteiger partial charge in [-0.25, -0.2) is 9.59 Å². The van der Waals surface area contributed by atoms with Crippen molar-refractivity contribution < 1.29 is 33.6 Å². The highest BCUT2D eigenvalue weighted by atomic mass is 16.7. The number of benzene rings is 2. The fourth-order valence-electron chi connectivity index (χ4n) is 2.71. The van der Waals surface area contributed by atoms with E-state index in [2.05, 4.69) is 16.8 Å². The zero-order chi connectivity index (χ0) is 21.3. The summed E-state index contributed by atoms with van der Waals surface area (Å²) in [7, 11) is 0. The Hall–Kier alpha value is -4.08. The zero-order valence-electron chi connectivity index (χ0n) is 16.0. The zero-order valence-corrected chi connectivity index (χ0v) is 16.0. The van der Waals surface area contributed by atoms with Gasteiger partial charge in [0.05, 0.1) is 5.56 Å². The van der Waals surface area contributed by atoms with Crippen LogP contribution in [0.3, 0.4) is 0 Å². The fourth-order valence-corrected chi connectivity index (χ4v) is 2.71. The molecule has 0 bridgehead atoms. The lowest BCUT2D eigenvalue weighted by Crippen LogP contribution is -2.14. The van der Waals surface area contributed by atoms with Gasteiger partial charge in [0.1, 0.15) is 35.7 Å². The van der Waals surface area contributed by atoms with Crippen LogP contribution in [0.1, 0.15) is 17.3 Å². The second-order valence-corrected chi connectivity index (χ2v) is 6.44. The van der Waals surface area contributed by atoms with E-state index in [9.17, 15) is 14.7 Å². The lowest BCUT2D eigenvalue weighted by atomic mass is 10.2. The smallest absolute Gasteiger partial charge is 0.338 e. The van der Waals surface area contributed by atoms with E-state index in [0.29, 0.717) is 28.2 Å². The third-order valence-corrected chi connectivity index (χ3v) is 4.20. The standard InChI is InChI=1S/C20H17N3O7/c1-11(2)19(25)27-5-6-28-20(26)12-3-4-13-14(7-12)22-23(21-13)15-8-17-18(9-16(15)24)30-10-29-17/h3-4,7-9,24H,1,5-6,10H2,2H3. The monoisotopic (exact) mass is 411 g/mol. The maximum atomic E-state index is 12.2. The van der Waals surface area contributed by atoms with Crippen LogP contribution in [0.15, 0.2) is 42.5 Å². The van der Waals surface area contributed by atoms with Crippen LogP contribution in [0.2, 0.25) is 0 Å². The molecule has 0 saturated heterocycles. The van der Waals surface area contributed by atoms with E-state index in [1.54, 1.807) is 18.2 Å². The normalized spacial score (nSPS) is 12.0. The minimum absolute atomic E-state index is 0.0702. The van der Waals surface area contributed by atoms with Crippen molar-refractivity contribution in [2.24, 2.45) is 0 Å². The SMILES string of the molecule is C=C(C)C(=O)OCCOC(=O)c1ccc2nn(-c3cc4c(cc3O)OCO4)nc2c1. The van der Waals surface area contributed by atoms with Crippen LogP contribution in [0.4, 0.5) is 0 Å². The summed E-state index contributed by atoms with van der Waals surface area (Å²) in [5.74, 6) is -0.309. The Kier molecular flexibility index (Phi) is 4.97. The van der Waals surface area contributed by atoms with Crippen LogP contribution in [0.5, 0.6) is 17.2 Å². The second-order valence-electron chi connectivity index (χ2n) is 6.44. The maximum absolute atomic E-state index is 12.2. The number of hydrogen-bond donors (Lipinski definition) is 1. The molecule has 2 heterocycles. The van der Waals surface area contributed by atoms with Gasteiger partial charge >= 0.3 is 11.9 Å². The molecule has 0 fully saturated rings. The number of carbonyl (C=O) groups excluding carboxylic acids is 2. The summed E-state index contributed by atoms with van der Waals surface area (Å²) in [5.41, 5.74) is 1.77. The van der Waals surface area contributed by atoms with Gasteiger partial charge in [0, 0.05) is 17.7 Å². The van der Waals surface area contributed by atoms with Crippen LogP contribution in [-0.2, 0) is 14.3 Å². The van der Waals surface area contributed by atoms with Gasteiger partial charge in [0.25, 0.3) is 0 Å².